The summed E-state index contributed by atoms with van der Waals surface area (Å²) in [5.74, 6) is -0.509. The average Bonchev–Trinajstić information content (AvgIpc) is 0.924. The van der Waals surface area contributed by atoms with E-state index in [9.17, 15) is 43.2 Å². The van der Waals surface area contributed by atoms with Gasteiger partial charge in [0.15, 0.2) is 12.2 Å². The molecule has 612 valence electrons. The first-order chi connectivity index (χ1) is 49.9. The summed E-state index contributed by atoms with van der Waals surface area (Å²) in [5.41, 5.74) is 0. The zero-order valence-electron chi connectivity index (χ0n) is 67.6. The highest BCUT2D eigenvalue weighted by Gasteiger charge is 2.30. The molecule has 3 N–H and O–H groups in total. The molecule has 5 atom stereocenters. The highest BCUT2D eigenvalue weighted by molar-refractivity contribution is 7.47. The standard InChI is InChI=1S/C84H164O17P2/c1-7-9-11-13-15-17-18-19-20-21-22-23-27-32-37-43-49-55-61-67-82(87)95-73-80(101-83(88)68-62-56-50-44-38-33-28-25-24-26-30-35-41-46-52-58-64-76(3)4)75-99-103(92,93)97-71-78(85)70-96-102(90,91)98-74-79(72-94-81(86)66-60-54-48-40-16-14-12-10-8-2)100-84(89)69-63-57-51-45-39-34-29-31-36-42-47-53-59-65-77(5)6/h76-80,85H,7-75H2,1-6H3,(H,90,91)(H,92,93)/t78-,79+,80+/m0/s1. The van der Waals surface area contributed by atoms with Gasteiger partial charge in [-0.05, 0) is 37.5 Å². The fourth-order valence-electron chi connectivity index (χ4n) is 13.1. The van der Waals surface area contributed by atoms with E-state index in [0.717, 1.165) is 102 Å². The van der Waals surface area contributed by atoms with Gasteiger partial charge in [0.2, 0.25) is 0 Å². The molecular formula is C84H164O17P2. The lowest BCUT2D eigenvalue weighted by molar-refractivity contribution is -0.161. The zero-order valence-corrected chi connectivity index (χ0v) is 69.4. The summed E-state index contributed by atoms with van der Waals surface area (Å²) in [6, 6.07) is 0. The van der Waals surface area contributed by atoms with Crippen molar-refractivity contribution < 1.29 is 80.2 Å². The summed E-state index contributed by atoms with van der Waals surface area (Å²) in [7, 11) is -9.92. The second-order valence-electron chi connectivity index (χ2n) is 31.2. The van der Waals surface area contributed by atoms with E-state index in [1.807, 2.05) is 0 Å². The highest BCUT2D eigenvalue weighted by Crippen LogP contribution is 2.45. The second kappa shape index (κ2) is 75.5. The SMILES string of the molecule is CCCCCCCCCCCCCCCCCCCCCC(=O)OC[C@H](COP(=O)(O)OC[C@@H](O)COP(=O)(O)OC[C@@H](COC(=O)CCCCCCCCCCC)OC(=O)CCCCCCCCCCCCCCCC(C)C)OC(=O)CCCCCCCCCCCCCCCCCCC(C)C. The predicted molar refractivity (Wildman–Crippen MR) is 423 cm³/mol. The molecule has 0 bridgehead atoms. The number of phosphoric ester groups is 2. The van der Waals surface area contributed by atoms with Crippen molar-refractivity contribution in [3.8, 4) is 0 Å². The van der Waals surface area contributed by atoms with Gasteiger partial charge < -0.3 is 33.8 Å². The molecule has 2 unspecified atom stereocenters. The average molecular weight is 1510 g/mol. The van der Waals surface area contributed by atoms with E-state index in [1.165, 1.54) is 263 Å². The van der Waals surface area contributed by atoms with E-state index >= 15 is 0 Å². The van der Waals surface area contributed by atoms with Gasteiger partial charge in [-0.1, -0.05) is 395 Å². The lowest BCUT2D eigenvalue weighted by atomic mass is 10.0. The number of carbonyl (C=O) groups is 4. The molecule has 0 aliphatic rings. The van der Waals surface area contributed by atoms with Crippen LogP contribution >= 0.6 is 15.6 Å². The Morgan fingerprint density at radius 2 is 0.447 bits per heavy atom. The minimum absolute atomic E-state index is 0.107. The Morgan fingerprint density at radius 3 is 0.660 bits per heavy atom. The molecular weight excluding hydrogens is 1340 g/mol. The van der Waals surface area contributed by atoms with Crippen molar-refractivity contribution >= 4 is 39.5 Å². The van der Waals surface area contributed by atoms with Crippen molar-refractivity contribution in [1.29, 1.82) is 0 Å². The van der Waals surface area contributed by atoms with Gasteiger partial charge in [-0.25, -0.2) is 9.13 Å². The van der Waals surface area contributed by atoms with E-state index in [-0.39, 0.29) is 25.7 Å². The predicted octanol–water partition coefficient (Wildman–Crippen LogP) is 25.5. The number of ether oxygens (including phenoxy) is 4. The Bertz CT molecular complexity index is 1980. The summed E-state index contributed by atoms with van der Waals surface area (Å²) in [4.78, 5) is 73.1. The number of hydrogen-bond acceptors (Lipinski definition) is 15. The maximum Gasteiger partial charge on any atom is 0.472 e. The van der Waals surface area contributed by atoms with Crippen LogP contribution in [0.1, 0.15) is 446 Å². The molecule has 0 aromatic heterocycles. The number of phosphoric acid groups is 2. The Hall–Kier alpha value is -1.94. The molecule has 0 aliphatic carbocycles. The molecule has 0 radical (unpaired) electrons. The van der Waals surface area contributed by atoms with Gasteiger partial charge in [0.05, 0.1) is 26.4 Å². The molecule has 0 aliphatic heterocycles. The van der Waals surface area contributed by atoms with Crippen LogP contribution in [0.15, 0.2) is 0 Å². The first kappa shape index (κ1) is 101. The molecule has 0 saturated heterocycles. The lowest BCUT2D eigenvalue weighted by Crippen LogP contribution is -2.30. The highest BCUT2D eigenvalue weighted by atomic mass is 31.2. The van der Waals surface area contributed by atoms with Crippen LogP contribution in [0.4, 0.5) is 0 Å². The first-order valence-electron chi connectivity index (χ1n) is 43.5. The van der Waals surface area contributed by atoms with E-state index in [4.69, 9.17) is 37.0 Å². The van der Waals surface area contributed by atoms with Crippen LogP contribution in [0.3, 0.4) is 0 Å². The fourth-order valence-corrected chi connectivity index (χ4v) is 14.6. The van der Waals surface area contributed by atoms with Crippen molar-refractivity contribution in [3.05, 3.63) is 0 Å². The third-order valence-corrected chi connectivity index (χ3v) is 21.6. The number of carbonyl (C=O) groups excluding carboxylic acids is 4. The molecule has 19 heteroatoms. The van der Waals surface area contributed by atoms with Crippen molar-refractivity contribution in [2.24, 2.45) is 11.8 Å². The minimum atomic E-state index is -4.96. The maximum atomic E-state index is 13.1. The van der Waals surface area contributed by atoms with Crippen molar-refractivity contribution in [2.75, 3.05) is 39.6 Å². The third-order valence-electron chi connectivity index (χ3n) is 19.7. The number of hydrogen-bond donors (Lipinski definition) is 3. The van der Waals surface area contributed by atoms with E-state index in [1.54, 1.807) is 0 Å². The van der Waals surface area contributed by atoms with Gasteiger partial charge in [0.25, 0.3) is 0 Å². The lowest BCUT2D eigenvalue weighted by Gasteiger charge is -2.21. The molecule has 0 aromatic rings. The molecule has 0 spiro atoms. The largest absolute Gasteiger partial charge is 0.472 e. The number of aliphatic hydroxyl groups is 1. The van der Waals surface area contributed by atoms with Gasteiger partial charge in [-0.15, -0.1) is 0 Å². The van der Waals surface area contributed by atoms with Gasteiger partial charge in [0, 0.05) is 25.7 Å². The van der Waals surface area contributed by atoms with Crippen LogP contribution in [0.5, 0.6) is 0 Å². The minimum Gasteiger partial charge on any atom is -0.462 e. The Kier molecular flexibility index (Phi) is 74.1. The fraction of sp³-hybridized carbons (Fsp3) is 0.952. The summed E-state index contributed by atoms with van der Waals surface area (Å²) in [6.45, 7) is 9.69. The quantitative estimate of drug-likeness (QED) is 0.0222. The summed E-state index contributed by atoms with van der Waals surface area (Å²) < 4.78 is 68.8. The van der Waals surface area contributed by atoms with Crippen LogP contribution in [0.25, 0.3) is 0 Å². The summed E-state index contributed by atoms with van der Waals surface area (Å²) >= 11 is 0. The number of esters is 4. The van der Waals surface area contributed by atoms with Crippen molar-refractivity contribution in [1.82, 2.24) is 0 Å². The second-order valence-corrected chi connectivity index (χ2v) is 34.1. The van der Waals surface area contributed by atoms with Crippen LogP contribution in [0.2, 0.25) is 0 Å². The van der Waals surface area contributed by atoms with Crippen LogP contribution in [-0.2, 0) is 65.4 Å². The topological polar surface area (TPSA) is 237 Å². The molecule has 17 nitrogen and oxygen atoms in total. The smallest absolute Gasteiger partial charge is 0.462 e. The van der Waals surface area contributed by atoms with Gasteiger partial charge in [-0.2, -0.15) is 0 Å². The Morgan fingerprint density at radius 1 is 0.262 bits per heavy atom. The molecule has 0 saturated carbocycles. The van der Waals surface area contributed by atoms with E-state index in [2.05, 4.69) is 41.5 Å². The zero-order chi connectivity index (χ0) is 75.6. The molecule has 0 rings (SSSR count). The molecule has 0 fully saturated rings. The Labute approximate surface area is 632 Å². The molecule has 103 heavy (non-hydrogen) atoms. The number of rotatable bonds is 83. The molecule has 0 amide bonds. The number of unbranched alkanes of at least 4 members (excludes halogenated alkanes) is 53. The Balaban J connectivity index is 5.21. The number of aliphatic hydroxyl groups excluding tert-OH is 1. The van der Waals surface area contributed by atoms with E-state index < -0.39 is 97.5 Å². The summed E-state index contributed by atoms with van der Waals surface area (Å²) in [6.07, 6.45) is 66.6. The van der Waals surface area contributed by atoms with E-state index in [0.29, 0.717) is 25.7 Å². The monoisotopic (exact) mass is 1510 g/mol. The van der Waals surface area contributed by atoms with Gasteiger partial charge in [0.1, 0.15) is 19.3 Å². The molecule has 0 aromatic carbocycles. The maximum absolute atomic E-state index is 13.1. The third kappa shape index (κ3) is 78.0. The normalized spacial score (nSPS) is 13.9. The van der Waals surface area contributed by atoms with Gasteiger partial charge >= 0.3 is 39.5 Å². The van der Waals surface area contributed by atoms with Gasteiger partial charge in [-0.3, -0.25) is 37.3 Å². The van der Waals surface area contributed by atoms with Crippen molar-refractivity contribution in [3.63, 3.8) is 0 Å². The first-order valence-corrected chi connectivity index (χ1v) is 46.5. The molecule has 0 heterocycles. The summed E-state index contributed by atoms with van der Waals surface area (Å²) in [5, 5.41) is 10.7. The van der Waals surface area contributed by atoms with Crippen LogP contribution in [-0.4, -0.2) is 96.7 Å². The van der Waals surface area contributed by atoms with Crippen molar-refractivity contribution in [2.45, 2.75) is 464 Å². The van der Waals surface area contributed by atoms with Crippen LogP contribution < -0.4 is 0 Å². The van der Waals surface area contributed by atoms with Crippen LogP contribution in [0, 0.1) is 11.8 Å².